The summed E-state index contributed by atoms with van der Waals surface area (Å²) in [5.41, 5.74) is 1.36. The predicted octanol–water partition coefficient (Wildman–Crippen LogP) is 4.83. The zero-order chi connectivity index (χ0) is 15.0. The molecule has 0 fully saturated rings. The maximum absolute atomic E-state index is 13.6. The van der Waals surface area contributed by atoms with Crippen LogP contribution < -0.4 is 0 Å². The number of rotatable bonds is 4. The summed E-state index contributed by atoms with van der Waals surface area (Å²) in [5.74, 6) is 0.714. The van der Waals surface area contributed by atoms with Crippen molar-refractivity contribution in [3.8, 4) is 0 Å². The molecule has 1 unspecified atom stereocenters. The van der Waals surface area contributed by atoms with Crippen molar-refractivity contribution in [3.63, 3.8) is 0 Å². The van der Waals surface area contributed by atoms with Crippen LogP contribution in [0.15, 0.2) is 23.7 Å². The molecule has 1 aromatic carbocycles. The Morgan fingerprint density at radius 1 is 1.43 bits per heavy atom. The summed E-state index contributed by atoms with van der Waals surface area (Å²) in [6.45, 7) is 2.77. The first-order chi connectivity index (χ1) is 10.1. The zero-order valence-corrected chi connectivity index (χ0v) is 13.5. The van der Waals surface area contributed by atoms with E-state index in [0.29, 0.717) is 17.9 Å². The lowest BCUT2D eigenvalue weighted by molar-refractivity contribution is 0.592. The molecule has 3 rings (SSSR count). The molecule has 1 atom stereocenters. The van der Waals surface area contributed by atoms with E-state index < -0.39 is 5.82 Å². The lowest BCUT2D eigenvalue weighted by atomic mass is 10.2. The van der Waals surface area contributed by atoms with Gasteiger partial charge in [-0.1, -0.05) is 18.5 Å². The fourth-order valence-corrected chi connectivity index (χ4v) is 3.36. The number of nitrogens with zero attached hydrogens (tertiary/aromatic N) is 3. The highest BCUT2D eigenvalue weighted by Crippen LogP contribution is 2.27. The third kappa shape index (κ3) is 2.78. The molecular formula is C14H12Cl2FN3S. The predicted molar refractivity (Wildman–Crippen MR) is 84.8 cm³/mol. The van der Waals surface area contributed by atoms with Crippen LogP contribution in [-0.2, 0) is 12.4 Å². The second-order valence-corrected chi connectivity index (χ2v) is 6.40. The molecule has 0 amide bonds. The van der Waals surface area contributed by atoms with Gasteiger partial charge in [0.1, 0.15) is 11.6 Å². The van der Waals surface area contributed by atoms with Crippen LogP contribution in [0.1, 0.15) is 23.7 Å². The Balaban J connectivity index is 2.05. The van der Waals surface area contributed by atoms with Gasteiger partial charge < -0.3 is 4.57 Å². The summed E-state index contributed by atoms with van der Waals surface area (Å²) in [4.78, 5) is 8.71. The van der Waals surface area contributed by atoms with Crippen LogP contribution in [0.25, 0.3) is 11.0 Å². The van der Waals surface area contributed by atoms with Crippen molar-refractivity contribution in [1.29, 1.82) is 0 Å². The van der Waals surface area contributed by atoms with Crippen LogP contribution in [0, 0.1) is 5.82 Å². The van der Waals surface area contributed by atoms with Gasteiger partial charge in [0.05, 0.1) is 26.9 Å². The molecule has 0 N–H and O–H groups in total. The number of benzene rings is 1. The van der Waals surface area contributed by atoms with E-state index >= 15 is 0 Å². The summed E-state index contributed by atoms with van der Waals surface area (Å²) in [7, 11) is 0. The van der Waals surface area contributed by atoms with E-state index in [2.05, 4.69) is 16.9 Å². The zero-order valence-electron chi connectivity index (χ0n) is 11.2. The number of alkyl halides is 1. The summed E-state index contributed by atoms with van der Waals surface area (Å²) in [6.07, 6.45) is 1.79. The van der Waals surface area contributed by atoms with Gasteiger partial charge in [-0.15, -0.1) is 22.9 Å². The van der Waals surface area contributed by atoms with Crippen LogP contribution in [-0.4, -0.2) is 14.5 Å². The van der Waals surface area contributed by atoms with E-state index in [9.17, 15) is 4.39 Å². The number of halogens is 3. The molecule has 2 heterocycles. The Hall–Kier alpha value is -1.17. The van der Waals surface area contributed by atoms with Crippen LogP contribution in [0.2, 0.25) is 5.02 Å². The Labute approximate surface area is 135 Å². The van der Waals surface area contributed by atoms with Gasteiger partial charge in [-0.2, -0.15) is 0 Å². The standard InChI is InChI=1S/C14H12Cl2FN3S/c1-8(14-18-2-3-21-14)7-20-12-4-9(16)10(17)5-11(12)19-13(20)6-15/h2-5,8H,6-7H2,1H3. The largest absolute Gasteiger partial charge is 0.326 e. The molecule has 0 saturated heterocycles. The minimum Gasteiger partial charge on any atom is -0.326 e. The highest BCUT2D eigenvalue weighted by atomic mass is 35.5. The number of thiazole rings is 1. The molecule has 3 nitrogen and oxygen atoms in total. The lowest BCUT2D eigenvalue weighted by Gasteiger charge is -2.13. The first-order valence-corrected chi connectivity index (χ1v) is 8.19. The Bertz CT molecular complexity index is 770. The summed E-state index contributed by atoms with van der Waals surface area (Å²) >= 11 is 13.5. The van der Waals surface area contributed by atoms with Gasteiger partial charge in [0.25, 0.3) is 0 Å². The SMILES string of the molecule is CC(Cn1c(CCl)nc2cc(F)c(Cl)cc21)c1nccs1. The smallest absolute Gasteiger partial charge is 0.144 e. The van der Waals surface area contributed by atoms with Crippen LogP contribution in [0.4, 0.5) is 4.39 Å². The molecule has 3 aromatic rings. The summed E-state index contributed by atoms with van der Waals surface area (Å²) in [5, 5.41) is 3.09. The Morgan fingerprint density at radius 3 is 2.90 bits per heavy atom. The fraction of sp³-hybridized carbons (Fsp3) is 0.286. The quantitative estimate of drug-likeness (QED) is 0.635. The molecular weight excluding hydrogens is 332 g/mol. The van der Waals surface area contributed by atoms with Gasteiger partial charge in [-0.3, -0.25) is 0 Å². The van der Waals surface area contributed by atoms with Crippen molar-refractivity contribution in [3.05, 3.63) is 45.4 Å². The van der Waals surface area contributed by atoms with Crippen molar-refractivity contribution in [2.24, 2.45) is 0 Å². The van der Waals surface area contributed by atoms with Crippen LogP contribution >= 0.6 is 34.5 Å². The van der Waals surface area contributed by atoms with E-state index in [4.69, 9.17) is 23.2 Å². The normalized spacial score (nSPS) is 13.0. The highest BCUT2D eigenvalue weighted by Gasteiger charge is 2.17. The first kappa shape index (κ1) is 14.8. The number of aromatic nitrogens is 3. The van der Waals surface area contributed by atoms with E-state index in [-0.39, 0.29) is 16.8 Å². The van der Waals surface area contributed by atoms with Crippen molar-refractivity contribution in [1.82, 2.24) is 14.5 Å². The second-order valence-electron chi connectivity index (χ2n) is 4.80. The van der Waals surface area contributed by atoms with Gasteiger partial charge in [0.15, 0.2) is 0 Å². The lowest BCUT2D eigenvalue weighted by Crippen LogP contribution is -2.09. The number of fused-ring (bicyclic) bond motifs is 1. The molecule has 21 heavy (non-hydrogen) atoms. The molecule has 0 spiro atoms. The van der Waals surface area contributed by atoms with Crippen molar-refractivity contribution in [2.45, 2.75) is 25.3 Å². The molecule has 7 heteroatoms. The maximum Gasteiger partial charge on any atom is 0.144 e. The van der Waals surface area contributed by atoms with Gasteiger partial charge in [-0.25, -0.2) is 14.4 Å². The second kappa shape index (κ2) is 5.91. The molecule has 0 aliphatic carbocycles. The molecule has 0 aliphatic rings. The summed E-state index contributed by atoms with van der Waals surface area (Å²) in [6, 6.07) is 2.95. The molecule has 2 aromatic heterocycles. The molecule has 0 bridgehead atoms. The molecule has 110 valence electrons. The minimum atomic E-state index is -0.470. The Kier molecular flexibility index (Phi) is 4.15. The molecule has 0 aliphatic heterocycles. The third-order valence-corrected chi connectivity index (χ3v) is 4.85. The number of imidazole rings is 1. The van der Waals surface area contributed by atoms with E-state index in [1.807, 2.05) is 9.95 Å². The average molecular weight is 344 g/mol. The van der Waals surface area contributed by atoms with E-state index in [0.717, 1.165) is 10.5 Å². The maximum atomic E-state index is 13.6. The third-order valence-electron chi connectivity index (χ3n) is 3.32. The fourth-order valence-electron chi connectivity index (χ4n) is 2.31. The van der Waals surface area contributed by atoms with Gasteiger partial charge in [0.2, 0.25) is 0 Å². The number of hydrogen-bond donors (Lipinski definition) is 0. The monoisotopic (exact) mass is 343 g/mol. The van der Waals surface area contributed by atoms with Crippen molar-refractivity contribution in [2.75, 3.05) is 0 Å². The minimum absolute atomic E-state index is 0.0895. The van der Waals surface area contributed by atoms with Gasteiger partial charge in [-0.05, 0) is 6.07 Å². The Morgan fingerprint density at radius 2 is 2.24 bits per heavy atom. The topological polar surface area (TPSA) is 30.7 Å². The highest BCUT2D eigenvalue weighted by molar-refractivity contribution is 7.09. The van der Waals surface area contributed by atoms with Crippen molar-refractivity contribution >= 4 is 45.6 Å². The molecule has 0 radical (unpaired) electrons. The van der Waals surface area contributed by atoms with Gasteiger partial charge >= 0.3 is 0 Å². The molecule has 0 saturated carbocycles. The van der Waals surface area contributed by atoms with E-state index in [1.165, 1.54) is 6.07 Å². The van der Waals surface area contributed by atoms with E-state index in [1.54, 1.807) is 23.6 Å². The van der Waals surface area contributed by atoms with Crippen LogP contribution in [0.5, 0.6) is 0 Å². The number of hydrogen-bond acceptors (Lipinski definition) is 3. The van der Waals surface area contributed by atoms with Gasteiger partial charge in [0, 0.05) is 30.1 Å². The summed E-state index contributed by atoms with van der Waals surface area (Å²) < 4.78 is 15.5. The first-order valence-electron chi connectivity index (χ1n) is 6.39. The van der Waals surface area contributed by atoms with Crippen LogP contribution in [0.3, 0.4) is 0 Å². The average Bonchev–Trinajstić information content (AvgIpc) is 3.09. The van der Waals surface area contributed by atoms with Crippen molar-refractivity contribution < 1.29 is 4.39 Å².